The van der Waals surface area contributed by atoms with Gasteiger partial charge in [0.05, 0.1) is 18.4 Å². The highest BCUT2D eigenvalue weighted by Crippen LogP contribution is 2.23. The second kappa shape index (κ2) is 6.85. The third-order valence-electron chi connectivity index (χ3n) is 3.42. The number of hydrogen-bond donors (Lipinski definition) is 1. The summed E-state index contributed by atoms with van der Waals surface area (Å²) in [4.78, 5) is 23.8. The molecule has 0 unspecified atom stereocenters. The third-order valence-corrected chi connectivity index (χ3v) is 3.42. The summed E-state index contributed by atoms with van der Waals surface area (Å²) >= 11 is 0. The van der Waals surface area contributed by atoms with Gasteiger partial charge < -0.3 is 10.1 Å². The minimum Gasteiger partial charge on any atom is -0.495 e. The zero-order valence-electron chi connectivity index (χ0n) is 12.9. The fourth-order valence-corrected chi connectivity index (χ4v) is 2.06. The number of Topliss-reactive ketones (excluding diaryl/α,β-unsaturated/α-hetero) is 1. The first-order valence-electron chi connectivity index (χ1n) is 6.98. The topological polar surface area (TPSA) is 59.3 Å². The van der Waals surface area contributed by atoms with Crippen LogP contribution in [0.25, 0.3) is 0 Å². The molecule has 1 aromatic heterocycles. The molecule has 0 saturated carbocycles. The van der Waals surface area contributed by atoms with Crippen molar-refractivity contribution in [3.63, 3.8) is 0 Å². The van der Waals surface area contributed by atoms with Crippen molar-refractivity contribution in [3.8, 4) is 5.75 Å². The molecule has 1 atom stereocenters. The highest BCUT2D eigenvalue weighted by Gasteiger charge is 2.23. The molecule has 0 spiro atoms. The first kappa shape index (κ1) is 15.7. The number of carbonyl (C=O) groups excluding carboxylic acids is 2. The molecule has 5 heteroatoms. The fourth-order valence-electron chi connectivity index (χ4n) is 2.06. The summed E-state index contributed by atoms with van der Waals surface area (Å²) in [5, 5.41) is 2.84. The number of para-hydroxylation sites is 2. The monoisotopic (exact) mass is 299 g/mol. The number of ether oxygens (including phenoxy) is 1. The Balaban J connectivity index is 2.19. The summed E-state index contributed by atoms with van der Waals surface area (Å²) < 4.78 is 6.93. The lowest BCUT2D eigenvalue weighted by Crippen LogP contribution is -2.44. The minimum atomic E-state index is -0.454. The molecule has 0 aliphatic heterocycles. The van der Waals surface area contributed by atoms with Gasteiger partial charge in [0, 0.05) is 13.0 Å². The van der Waals surface area contributed by atoms with E-state index in [9.17, 15) is 9.59 Å². The Bertz CT molecular complexity index is 698. The van der Waals surface area contributed by atoms with Crippen LogP contribution in [0.15, 0.2) is 48.8 Å². The molecule has 22 heavy (non-hydrogen) atoms. The molecule has 2 rings (SSSR count). The van der Waals surface area contributed by atoms with Crippen LogP contribution in [0.2, 0.25) is 0 Å². The molecular weight excluding hydrogens is 280 g/mol. The van der Waals surface area contributed by atoms with Crippen LogP contribution in [-0.4, -0.2) is 18.8 Å². The van der Waals surface area contributed by atoms with Crippen LogP contribution in [0.4, 0.5) is 5.69 Å². The van der Waals surface area contributed by atoms with Crippen molar-refractivity contribution in [1.29, 1.82) is 0 Å². The Morgan fingerprint density at radius 1 is 1.18 bits per heavy atom. The van der Waals surface area contributed by atoms with Crippen molar-refractivity contribution in [2.75, 3.05) is 12.4 Å². The van der Waals surface area contributed by atoms with Gasteiger partial charge in [-0.2, -0.15) is 4.57 Å². The van der Waals surface area contributed by atoms with E-state index >= 15 is 0 Å². The van der Waals surface area contributed by atoms with Gasteiger partial charge in [-0.1, -0.05) is 12.1 Å². The summed E-state index contributed by atoms with van der Waals surface area (Å²) in [6, 6.07) is 10.2. The maximum Gasteiger partial charge on any atom is 0.293 e. The van der Waals surface area contributed by atoms with Gasteiger partial charge in [-0.3, -0.25) is 9.59 Å². The fraction of sp³-hybridized carbons (Fsp3) is 0.235. The van der Waals surface area contributed by atoms with Crippen LogP contribution in [-0.2, 0) is 4.79 Å². The first-order valence-corrected chi connectivity index (χ1v) is 6.98. The molecule has 114 valence electrons. The molecule has 1 N–H and O–H groups in total. The largest absolute Gasteiger partial charge is 0.495 e. The number of amides is 1. The average Bonchev–Trinajstić information content (AvgIpc) is 2.54. The van der Waals surface area contributed by atoms with Crippen molar-refractivity contribution in [2.45, 2.75) is 19.9 Å². The van der Waals surface area contributed by atoms with E-state index < -0.39 is 6.04 Å². The average molecular weight is 299 g/mol. The molecule has 0 saturated heterocycles. The van der Waals surface area contributed by atoms with Gasteiger partial charge in [-0.25, -0.2) is 0 Å². The molecule has 1 heterocycles. The molecule has 5 nitrogen and oxygen atoms in total. The lowest BCUT2D eigenvalue weighted by atomic mass is 10.2. The molecule has 1 amide bonds. The van der Waals surface area contributed by atoms with E-state index in [1.165, 1.54) is 6.92 Å². The van der Waals surface area contributed by atoms with E-state index in [1.54, 1.807) is 55.3 Å². The lowest BCUT2D eigenvalue weighted by Gasteiger charge is -2.11. The second-order valence-corrected chi connectivity index (χ2v) is 4.96. The highest BCUT2D eigenvalue weighted by atomic mass is 16.5. The molecule has 2 aromatic rings. The number of nitrogens with one attached hydrogen (secondary N) is 1. The molecule has 0 aliphatic carbocycles. The predicted octanol–water partition coefficient (Wildman–Crippen LogP) is 2.39. The SMILES string of the molecule is COc1ccccc1NC(=O)[C@H](C)[n+]1cccc(C(C)=O)c1. The van der Waals surface area contributed by atoms with Gasteiger partial charge in [-0.15, -0.1) is 0 Å². The van der Waals surface area contributed by atoms with Gasteiger partial charge in [0.1, 0.15) is 5.75 Å². The van der Waals surface area contributed by atoms with Crippen molar-refractivity contribution in [3.05, 3.63) is 54.4 Å². The number of rotatable bonds is 5. The number of methoxy groups -OCH3 is 1. The van der Waals surface area contributed by atoms with Gasteiger partial charge in [0.2, 0.25) is 6.04 Å². The summed E-state index contributed by atoms with van der Waals surface area (Å²) in [7, 11) is 1.56. The molecule has 1 aromatic carbocycles. The Morgan fingerprint density at radius 3 is 2.59 bits per heavy atom. The van der Waals surface area contributed by atoms with Gasteiger partial charge in [-0.05, 0) is 25.1 Å². The number of benzene rings is 1. The lowest BCUT2D eigenvalue weighted by molar-refractivity contribution is -0.705. The number of carbonyl (C=O) groups is 2. The van der Waals surface area contributed by atoms with E-state index in [2.05, 4.69) is 5.32 Å². The van der Waals surface area contributed by atoms with E-state index in [1.807, 2.05) is 12.1 Å². The maximum atomic E-state index is 12.4. The first-order chi connectivity index (χ1) is 10.5. The second-order valence-electron chi connectivity index (χ2n) is 4.96. The molecule has 0 aliphatic rings. The number of pyridine rings is 1. The predicted molar refractivity (Wildman–Crippen MR) is 83.0 cm³/mol. The molecule has 0 fully saturated rings. The van der Waals surface area contributed by atoms with Crippen LogP contribution in [0, 0.1) is 0 Å². The van der Waals surface area contributed by atoms with Crippen molar-refractivity contribution >= 4 is 17.4 Å². The third kappa shape index (κ3) is 3.49. The smallest absolute Gasteiger partial charge is 0.293 e. The number of anilines is 1. The summed E-state index contributed by atoms with van der Waals surface area (Å²) in [6.07, 6.45) is 3.44. The Kier molecular flexibility index (Phi) is 4.88. The number of aromatic nitrogens is 1. The van der Waals surface area contributed by atoms with Gasteiger partial charge >= 0.3 is 0 Å². The van der Waals surface area contributed by atoms with Crippen molar-refractivity contribution in [2.24, 2.45) is 0 Å². The minimum absolute atomic E-state index is 0.0355. The standard InChI is InChI=1S/C17H18N2O3/c1-12(19-10-6-7-14(11-19)13(2)20)17(21)18-15-8-4-5-9-16(15)22-3/h4-12H,1-3H3/p+1/t12-/m0/s1. The molecule has 0 bridgehead atoms. The van der Waals surface area contributed by atoms with Gasteiger partial charge in [0.25, 0.3) is 5.91 Å². The molecular formula is C17H19N2O3+. The molecule has 0 radical (unpaired) electrons. The van der Waals surface area contributed by atoms with Crippen LogP contribution in [0.3, 0.4) is 0 Å². The summed E-state index contributed by atoms with van der Waals surface area (Å²) in [5.74, 6) is 0.382. The van der Waals surface area contributed by atoms with Crippen LogP contribution in [0.5, 0.6) is 5.75 Å². The van der Waals surface area contributed by atoms with Crippen LogP contribution >= 0.6 is 0 Å². The number of ketones is 1. The highest BCUT2D eigenvalue weighted by molar-refractivity contribution is 5.94. The summed E-state index contributed by atoms with van der Waals surface area (Å²) in [6.45, 7) is 3.27. The van der Waals surface area contributed by atoms with Crippen LogP contribution in [0.1, 0.15) is 30.2 Å². The summed E-state index contributed by atoms with van der Waals surface area (Å²) in [5.41, 5.74) is 1.18. The van der Waals surface area contributed by atoms with E-state index in [4.69, 9.17) is 4.74 Å². The van der Waals surface area contributed by atoms with E-state index in [0.29, 0.717) is 17.0 Å². The van der Waals surface area contributed by atoms with Gasteiger partial charge in [0.15, 0.2) is 18.2 Å². The van der Waals surface area contributed by atoms with Crippen LogP contribution < -0.4 is 14.6 Å². The zero-order chi connectivity index (χ0) is 16.1. The Morgan fingerprint density at radius 2 is 1.91 bits per heavy atom. The Labute approximate surface area is 129 Å². The zero-order valence-corrected chi connectivity index (χ0v) is 12.9. The number of nitrogens with zero attached hydrogens (tertiary/aromatic N) is 1. The Hall–Kier alpha value is -2.69. The van der Waals surface area contributed by atoms with Crippen molar-refractivity contribution in [1.82, 2.24) is 0 Å². The quantitative estimate of drug-likeness (QED) is 0.681. The maximum absolute atomic E-state index is 12.4. The number of hydrogen-bond acceptors (Lipinski definition) is 3. The normalized spacial score (nSPS) is 11.6. The van der Waals surface area contributed by atoms with E-state index in [0.717, 1.165) is 0 Å². The van der Waals surface area contributed by atoms with E-state index in [-0.39, 0.29) is 11.7 Å². The van der Waals surface area contributed by atoms with Crippen molar-refractivity contribution < 1.29 is 18.9 Å².